The summed E-state index contributed by atoms with van der Waals surface area (Å²) < 4.78 is 22.6. The molecule has 1 aliphatic heterocycles. The van der Waals surface area contributed by atoms with E-state index < -0.39 is 21.2 Å². The maximum atomic E-state index is 11.9. The highest BCUT2D eigenvalue weighted by molar-refractivity contribution is 7.89. The zero-order chi connectivity index (χ0) is 15.1. The summed E-state index contributed by atoms with van der Waals surface area (Å²) >= 11 is 0. The van der Waals surface area contributed by atoms with Gasteiger partial charge < -0.3 is 10.0 Å². The van der Waals surface area contributed by atoms with Crippen LogP contribution in [0.1, 0.15) is 23.7 Å². The third-order valence-electron chi connectivity index (χ3n) is 3.24. The first-order valence-corrected chi connectivity index (χ1v) is 7.47. The van der Waals surface area contributed by atoms with Gasteiger partial charge in [0.15, 0.2) is 5.78 Å². The van der Waals surface area contributed by atoms with E-state index in [4.69, 9.17) is 5.14 Å². The van der Waals surface area contributed by atoms with Crippen LogP contribution < -0.4 is 10.0 Å². The van der Waals surface area contributed by atoms with Crippen LogP contribution in [0.4, 0.5) is 5.69 Å². The Hall–Kier alpha value is -1.93. The monoisotopic (exact) mass is 298 g/mol. The quantitative estimate of drug-likeness (QED) is 0.761. The summed E-state index contributed by atoms with van der Waals surface area (Å²) in [5.74, 6) is -1.14. The SMILES string of the molecule is CC(=O)c1cccc(N2CC(S(N)(=O)=O)CC2=O)c1O. The van der Waals surface area contributed by atoms with Crippen molar-refractivity contribution in [3.05, 3.63) is 23.8 Å². The number of hydrogen-bond donors (Lipinski definition) is 2. The molecule has 0 bridgehead atoms. The van der Waals surface area contributed by atoms with Crippen molar-refractivity contribution >= 4 is 27.4 Å². The van der Waals surface area contributed by atoms with Crippen molar-refractivity contribution in [2.75, 3.05) is 11.4 Å². The number of nitrogens with two attached hydrogens (primary N) is 1. The lowest BCUT2D eigenvalue weighted by Crippen LogP contribution is -2.32. The van der Waals surface area contributed by atoms with Gasteiger partial charge in [-0.15, -0.1) is 0 Å². The summed E-state index contributed by atoms with van der Waals surface area (Å²) in [6.45, 7) is 1.16. The summed E-state index contributed by atoms with van der Waals surface area (Å²) in [5.41, 5.74) is 0.197. The van der Waals surface area contributed by atoms with E-state index in [1.165, 1.54) is 25.1 Å². The molecule has 1 saturated heterocycles. The molecule has 0 aliphatic carbocycles. The molecule has 1 aromatic rings. The molecular weight excluding hydrogens is 284 g/mol. The first-order valence-electron chi connectivity index (χ1n) is 5.86. The zero-order valence-corrected chi connectivity index (χ0v) is 11.6. The Morgan fingerprint density at radius 1 is 1.45 bits per heavy atom. The molecule has 7 nitrogen and oxygen atoms in total. The second-order valence-electron chi connectivity index (χ2n) is 4.65. The lowest BCUT2D eigenvalue weighted by molar-refractivity contribution is -0.117. The number of hydrogen-bond acceptors (Lipinski definition) is 5. The predicted octanol–water partition coefficient (Wildman–Crippen LogP) is -0.0114. The van der Waals surface area contributed by atoms with Crippen molar-refractivity contribution in [2.45, 2.75) is 18.6 Å². The van der Waals surface area contributed by atoms with Crippen LogP contribution in [0.15, 0.2) is 18.2 Å². The minimum absolute atomic E-state index is 0.0781. The molecule has 1 heterocycles. The number of sulfonamides is 1. The number of nitrogens with zero attached hydrogens (tertiary/aromatic N) is 1. The van der Waals surface area contributed by atoms with E-state index in [0.29, 0.717) is 0 Å². The Morgan fingerprint density at radius 3 is 2.60 bits per heavy atom. The van der Waals surface area contributed by atoms with Crippen molar-refractivity contribution in [2.24, 2.45) is 5.14 Å². The number of aromatic hydroxyl groups is 1. The van der Waals surface area contributed by atoms with Crippen LogP contribution in [-0.2, 0) is 14.8 Å². The normalized spacial score (nSPS) is 19.4. The minimum atomic E-state index is -3.83. The van der Waals surface area contributed by atoms with E-state index in [1.807, 2.05) is 0 Å². The van der Waals surface area contributed by atoms with Crippen molar-refractivity contribution in [3.8, 4) is 5.75 Å². The molecule has 20 heavy (non-hydrogen) atoms. The third-order valence-corrected chi connectivity index (χ3v) is 4.48. The maximum absolute atomic E-state index is 11.9. The Bertz CT molecular complexity index is 683. The fourth-order valence-electron chi connectivity index (χ4n) is 2.16. The van der Waals surface area contributed by atoms with E-state index in [-0.39, 0.29) is 35.7 Å². The Kier molecular flexibility index (Phi) is 3.53. The Balaban J connectivity index is 2.41. The fourth-order valence-corrected chi connectivity index (χ4v) is 2.89. The lowest BCUT2D eigenvalue weighted by Gasteiger charge is -2.18. The second kappa shape index (κ2) is 4.88. The van der Waals surface area contributed by atoms with Crippen LogP contribution in [0.5, 0.6) is 5.75 Å². The number of primary sulfonamides is 1. The summed E-state index contributed by atoms with van der Waals surface area (Å²) in [6.07, 6.45) is -0.234. The van der Waals surface area contributed by atoms with Crippen LogP contribution in [-0.4, -0.2) is 37.0 Å². The van der Waals surface area contributed by atoms with Gasteiger partial charge in [0.25, 0.3) is 0 Å². The number of anilines is 1. The molecule has 0 aromatic heterocycles. The number of phenols is 1. The minimum Gasteiger partial charge on any atom is -0.505 e. The zero-order valence-electron chi connectivity index (χ0n) is 10.7. The third kappa shape index (κ3) is 2.52. The predicted molar refractivity (Wildman–Crippen MR) is 72.0 cm³/mol. The van der Waals surface area contributed by atoms with Gasteiger partial charge >= 0.3 is 0 Å². The number of benzene rings is 1. The van der Waals surface area contributed by atoms with E-state index in [1.54, 1.807) is 0 Å². The molecular formula is C12H14N2O5S. The average molecular weight is 298 g/mol. The van der Waals surface area contributed by atoms with Crippen molar-refractivity contribution in [1.82, 2.24) is 0 Å². The second-order valence-corrected chi connectivity index (χ2v) is 6.49. The summed E-state index contributed by atoms with van der Waals surface area (Å²) in [7, 11) is -3.83. The van der Waals surface area contributed by atoms with Crippen LogP contribution in [0, 0.1) is 0 Å². The molecule has 8 heteroatoms. The number of phenolic OH excluding ortho intramolecular Hbond substituents is 1. The van der Waals surface area contributed by atoms with Gasteiger partial charge in [-0.3, -0.25) is 9.59 Å². The van der Waals surface area contributed by atoms with Crippen molar-refractivity contribution in [3.63, 3.8) is 0 Å². The number of rotatable bonds is 3. The summed E-state index contributed by atoms with van der Waals surface area (Å²) in [5, 5.41) is 14.1. The molecule has 3 N–H and O–H groups in total. The van der Waals surface area contributed by atoms with Gasteiger partial charge in [-0.05, 0) is 19.1 Å². The Morgan fingerprint density at radius 2 is 2.10 bits per heavy atom. The molecule has 1 atom stereocenters. The fraction of sp³-hybridized carbons (Fsp3) is 0.333. The highest BCUT2D eigenvalue weighted by atomic mass is 32.2. The summed E-state index contributed by atoms with van der Waals surface area (Å²) in [4.78, 5) is 24.4. The molecule has 1 amide bonds. The molecule has 1 unspecified atom stereocenters. The first-order chi connectivity index (χ1) is 9.21. The van der Waals surface area contributed by atoms with Gasteiger partial charge in [0.1, 0.15) is 11.0 Å². The van der Waals surface area contributed by atoms with Crippen LogP contribution in [0.25, 0.3) is 0 Å². The standard InChI is InChI=1S/C12H14N2O5S/c1-7(15)9-3-2-4-10(12(9)17)14-6-8(5-11(14)16)20(13,18)19/h2-4,8,17H,5-6H2,1H3,(H2,13,18,19). The van der Waals surface area contributed by atoms with E-state index in [9.17, 15) is 23.1 Å². The lowest BCUT2D eigenvalue weighted by atomic mass is 10.1. The number of carbonyl (C=O) groups excluding carboxylic acids is 2. The van der Waals surface area contributed by atoms with Crippen LogP contribution >= 0.6 is 0 Å². The van der Waals surface area contributed by atoms with Gasteiger partial charge in [-0.25, -0.2) is 13.6 Å². The van der Waals surface area contributed by atoms with Crippen LogP contribution in [0.2, 0.25) is 0 Å². The molecule has 1 fully saturated rings. The topological polar surface area (TPSA) is 118 Å². The van der Waals surface area contributed by atoms with Gasteiger partial charge in [0.2, 0.25) is 15.9 Å². The number of Topliss-reactive ketones (excluding diaryl/α,β-unsaturated/α-hetero) is 1. The highest BCUT2D eigenvalue weighted by Gasteiger charge is 2.38. The smallest absolute Gasteiger partial charge is 0.228 e. The van der Waals surface area contributed by atoms with E-state index in [2.05, 4.69) is 0 Å². The van der Waals surface area contributed by atoms with E-state index >= 15 is 0 Å². The number of ketones is 1. The van der Waals surface area contributed by atoms with Gasteiger partial charge in [-0.2, -0.15) is 0 Å². The van der Waals surface area contributed by atoms with E-state index in [0.717, 1.165) is 4.90 Å². The van der Waals surface area contributed by atoms with Gasteiger partial charge in [-0.1, -0.05) is 6.07 Å². The van der Waals surface area contributed by atoms with Crippen molar-refractivity contribution in [1.29, 1.82) is 0 Å². The molecule has 1 aliphatic rings. The molecule has 2 rings (SSSR count). The first kappa shape index (κ1) is 14.5. The van der Waals surface area contributed by atoms with Crippen molar-refractivity contribution < 1.29 is 23.1 Å². The highest BCUT2D eigenvalue weighted by Crippen LogP contribution is 2.34. The molecule has 0 saturated carbocycles. The molecule has 108 valence electrons. The average Bonchev–Trinajstić information content (AvgIpc) is 2.71. The molecule has 1 aromatic carbocycles. The molecule has 0 spiro atoms. The number of amides is 1. The molecule has 0 radical (unpaired) electrons. The van der Waals surface area contributed by atoms with Gasteiger partial charge in [0.05, 0.1) is 11.3 Å². The number of carbonyl (C=O) groups is 2. The summed E-state index contributed by atoms with van der Waals surface area (Å²) in [6, 6.07) is 4.40. The van der Waals surface area contributed by atoms with Gasteiger partial charge in [0, 0.05) is 13.0 Å². The Labute approximate surface area is 116 Å². The maximum Gasteiger partial charge on any atom is 0.228 e. The largest absolute Gasteiger partial charge is 0.505 e. The van der Waals surface area contributed by atoms with Crippen LogP contribution in [0.3, 0.4) is 0 Å². The number of para-hydroxylation sites is 1.